The molecule has 1 aromatic rings. The van der Waals surface area contributed by atoms with Crippen LogP contribution in [0.1, 0.15) is 24.5 Å². The maximum Gasteiger partial charge on any atom is 0.289 e. The second kappa shape index (κ2) is 4.29. The van der Waals surface area contributed by atoms with Crippen LogP contribution in [0.4, 0.5) is 5.95 Å². The van der Waals surface area contributed by atoms with Crippen LogP contribution in [0, 0.1) is 0 Å². The Morgan fingerprint density at radius 1 is 1.40 bits per heavy atom. The molecule has 6 heteroatoms. The fraction of sp³-hybridized carbons (Fsp3) is 0.667. The molecule has 0 unspecified atom stereocenters. The van der Waals surface area contributed by atoms with Crippen LogP contribution in [0.3, 0.4) is 0 Å². The van der Waals surface area contributed by atoms with Crippen molar-refractivity contribution < 1.29 is 4.79 Å². The van der Waals surface area contributed by atoms with Crippen molar-refractivity contribution in [1.29, 1.82) is 0 Å². The average Bonchev–Trinajstić information content (AvgIpc) is 2.45. The predicted molar refractivity (Wildman–Crippen MR) is 57.9 cm³/mol. The van der Waals surface area contributed by atoms with Crippen LogP contribution in [0.15, 0.2) is 0 Å². The van der Waals surface area contributed by atoms with Crippen LogP contribution in [0.5, 0.6) is 0 Å². The summed E-state index contributed by atoms with van der Waals surface area (Å²) in [5.41, 5.74) is 0. The first kappa shape index (κ1) is 11.5. The van der Waals surface area contributed by atoms with Gasteiger partial charge < -0.3 is 10.2 Å². The van der Waals surface area contributed by atoms with Gasteiger partial charge in [-0.2, -0.15) is 0 Å². The van der Waals surface area contributed by atoms with Crippen molar-refractivity contribution in [2.24, 2.45) is 7.05 Å². The lowest BCUT2D eigenvalue weighted by molar-refractivity contribution is 0.0929. The van der Waals surface area contributed by atoms with E-state index in [0.29, 0.717) is 11.8 Å². The van der Waals surface area contributed by atoms with E-state index in [-0.39, 0.29) is 11.9 Å². The summed E-state index contributed by atoms with van der Waals surface area (Å²) in [6.07, 6.45) is 0. The first-order chi connectivity index (χ1) is 6.93. The van der Waals surface area contributed by atoms with Gasteiger partial charge >= 0.3 is 0 Å². The van der Waals surface area contributed by atoms with Gasteiger partial charge in [0.1, 0.15) is 0 Å². The van der Waals surface area contributed by atoms with E-state index in [9.17, 15) is 4.79 Å². The molecule has 6 nitrogen and oxygen atoms in total. The minimum absolute atomic E-state index is 0.0945. The lowest BCUT2D eigenvalue weighted by Gasteiger charge is -2.11. The van der Waals surface area contributed by atoms with Crippen molar-refractivity contribution in [3.05, 3.63) is 5.82 Å². The van der Waals surface area contributed by atoms with E-state index >= 15 is 0 Å². The van der Waals surface area contributed by atoms with E-state index < -0.39 is 0 Å². The molecule has 1 aromatic heterocycles. The summed E-state index contributed by atoms with van der Waals surface area (Å²) >= 11 is 0. The van der Waals surface area contributed by atoms with Crippen molar-refractivity contribution in [3.63, 3.8) is 0 Å². The largest absolute Gasteiger partial charge is 0.347 e. The van der Waals surface area contributed by atoms with E-state index in [1.807, 2.05) is 27.9 Å². The Bertz CT molecular complexity index is 355. The minimum atomic E-state index is -0.201. The molecule has 1 rings (SSSR count). The van der Waals surface area contributed by atoms with Crippen molar-refractivity contribution in [3.8, 4) is 0 Å². The molecule has 0 radical (unpaired) electrons. The molecule has 0 aliphatic heterocycles. The van der Waals surface area contributed by atoms with Gasteiger partial charge in [-0.05, 0) is 13.8 Å². The topological polar surface area (TPSA) is 63.1 Å². The third-order valence-corrected chi connectivity index (χ3v) is 1.87. The molecule has 0 spiro atoms. The highest BCUT2D eigenvalue weighted by Gasteiger charge is 2.17. The van der Waals surface area contributed by atoms with E-state index in [1.165, 1.54) is 0 Å². The van der Waals surface area contributed by atoms with Gasteiger partial charge in [-0.1, -0.05) is 0 Å². The van der Waals surface area contributed by atoms with Gasteiger partial charge in [-0.3, -0.25) is 9.36 Å². The number of carbonyl (C=O) groups is 1. The summed E-state index contributed by atoms with van der Waals surface area (Å²) in [5.74, 6) is 0.782. The third-order valence-electron chi connectivity index (χ3n) is 1.87. The van der Waals surface area contributed by atoms with Crippen LogP contribution >= 0.6 is 0 Å². The van der Waals surface area contributed by atoms with Crippen LogP contribution in [0.2, 0.25) is 0 Å². The predicted octanol–water partition coefficient (Wildman–Crippen LogP) is 0.0193. The van der Waals surface area contributed by atoms with Crippen molar-refractivity contribution in [2.75, 3.05) is 19.0 Å². The summed E-state index contributed by atoms with van der Waals surface area (Å²) < 4.78 is 1.66. The number of anilines is 1. The van der Waals surface area contributed by atoms with Gasteiger partial charge in [0.2, 0.25) is 11.8 Å². The Morgan fingerprint density at radius 2 is 2.00 bits per heavy atom. The smallest absolute Gasteiger partial charge is 0.289 e. The summed E-state index contributed by atoms with van der Waals surface area (Å²) in [7, 11) is 5.48. The quantitative estimate of drug-likeness (QED) is 0.765. The third kappa shape index (κ3) is 2.45. The number of nitrogens with zero attached hydrogens (tertiary/aromatic N) is 4. The Kier molecular flexibility index (Phi) is 3.28. The molecule has 0 aliphatic carbocycles. The molecule has 0 saturated heterocycles. The summed E-state index contributed by atoms with van der Waals surface area (Å²) in [6, 6.07) is 0.0945. The van der Waals surface area contributed by atoms with E-state index in [0.717, 1.165) is 0 Å². The highest BCUT2D eigenvalue weighted by atomic mass is 16.2. The zero-order valence-electron chi connectivity index (χ0n) is 9.77. The molecule has 0 fully saturated rings. The summed E-state index contributed by atoms with van der Waals surface area (Å²) in [6.45, 7) is 3.81. The minimum Gasteiger partial charge on any atom is -0.347 e. The Hall–Kier alpha value is -1.59. The van der Waals surface area contributed by atoms with Crippen LogP contribution < -0.4 is 10.2 Å². The molecular weight excluding hydrogens is 194 g/mol. The van der Waals surface area contributed by atoms with E-state index in [1.54, 1.807) is 16.5 Å². The monoisotopic (exact) mass is 211 g/mol. The summed E-state index contributed by atoms with van der Waals surface area (Å²) in [4.78, 5) is 13.5. The number of amides is 1. The molecule has 0 aromatic carbocycles. The Balaban J connectivity index is 2.91. The van der Waals surface area contributed by atoms with Gasteiger partial charge in [0.15, 0.2) is 0 Å². The lowest BCUT2D eigenvalue weighted by atomic mass is 10.4. The fourth-order valence-electron chi connectivity index (χ4n) is 1.23. The van der Waals surface area contributed by atoms with Gasteiger partial charge in [0.25, 0.3) is 5.91 Å². The zero-order chi connectivity index (χ0) is 11.6. The highest BCUT2D eigenvalue weighted by molar-refractivity contribution is 5.91. The van der Waals surface area contributed by atoms with Crippen molar-refractivity contribution >= 4 is 11.9 Å². The lowest BCUT2D eigenvalue weighted by Crippen LogP contribution is -2.32. The molecule has 15 heavy (non-hydrogen) atoms. The van der Waals surface area contributed by atoms with Crippen LogP contribution in [-0.4, -0.2) is 40.8 Å². The highest BCUT2D eigenvalue weighted by Crippen LogP contribution is 2.07. The first-order valence-corrected chi connectivity index (χ1v) is 4.81. The number of hydrogen-bond donors (Lipinski definition) is 1. The molecule has 0 bridgehead atoms. The van der Waals surface area contributed by atoms with E-state index in [2.05, 4.69) is 15.5 Å². The van der Waals surface area contributed by atoms with Gasteiger partial charge in [0, 0.05) is 27.2 Å². The molecule has 1 amide bonds. The van der Waals surface area contributed by atoms with Gasteiger partial charge in [0.05, 0.1) is 0 Å². The first-order valence-electron chi connectivity index (χ1n) is 4.81. The number of aromatic nitrogens is 3. The van der Waals surface area contributed by atoms with Gasteiger partial charge in [-0.25, -0.2) is 0 Å². The molecule has 0 saturated carbocycles. The Morgan fingerprint density at radius 3 is 2.40 bits per heavy atom. The van der Waals surface area contributed by atoms with E-state index in [4.69, 9.17) is 0 Å². The van der Waals surface area contributed by atoms with Crippen LogP contribution in [0.25, 0.3) is 0 Å². The number of nitrogens with one attached hydrogen (secondary N) is 1. The molecule has 0 atom stereocenters. The number of hydrogen-bond acceptors (Lipinski definition) is 4. The normalized spacial score (nSPS) is 10.5. The van der Waals surface area contributed by atoms with Crippen molar-refractivity contribution in [2.45, 2.75) is 19.9 Å². The molecular formula is C9H17N5O. The second-order valence-corrected chi connectivity index (χ2v) is 3.91. The maximum absolute atomic E-state index is 11.7. The second-order valence-electron chi connectivity index (χ2n) is 3.91. The zero-order valence-corrected chi connectivity index (χ0v) is 9.77. The molecule has 1 N–H and O–H groups in total. The van der Waals surface area contributed by atoms with Gasteiger partial charge in [-0.15, -0.1) is 10.2 Å². The number of rotatable bonds is 3. The molecule has 84 valence electrons. The SMILES string of the molecule is CC(C)NC(=O)c1nnc(N(C)C)n1C. The molecule has 0 aliphatic rings. The number of carbonyl (C=O) groups excluding carboxylic acids is 1. The Labute approximate surface area is 89.3 Å². The average molecular weight is 211 g/mol. The standard InChI is InChI=1S/C9H17N5O/c1-6(2)10-8(15)7-11-12-9(13(3)4)14(7)5/h6H,1-5H3,(H,10,15). The van der Waals surface area contributed by atoms with Crippen LogP contribution in [-0.2, 0) is 7.05 Å². The maximum atomic E-state index is 11.7. The van der Waals surface area contributed by atoms with Crippen molar-refractivity contribution in [1.82, 2.24) is 20.1 Å². The fourth-order valence-corrected chi connectivity index (χ4v) is 1.23. The molecule has 1 heterocycles. The summed E-state index contributed by atoms with van der Waals surface area (Å²) in [5, 5.41) is 10.5.